The average molecular weight is 419 g/mol. The molecule has 0 amide bonds. The van der Waals surface area contributed by atoms with E-state index in [0.29, 0.717) is 18.8 Å². The molecule has 7 nitrogen and oxygen atoms in total. The van der Waals surface area contributed by atoms with Gasteiger partial charge in [0.15, 0.2) is 5.96 Å². The number of hydrogen-bond donors (Lipinski definition) is 2. The fourth-order valence-electron chi connectivity index (χ4n) is 3.98. The molecule has 0 unspecified atom stereocenters. The smallest absolute Gasteiger partial charge is 0.191 e. The van der Waals surface area contributed by atoms with Crippen molar-refractivity contribution < 1.29 is 14.2 Å². The van der Waals surface area contributed by atoms with Crippen molar-refractivity contribution >= 4 is 5.96 Å². The highest BCUT2D eigenvalue weighted by Crippen LogP contribution is 2.14. The lowest BCUT2D eigenvalue weighted by Crippen LogP contribution is -2.48. The molecule has 0 spiro atoms. The Balaban J connectivity index is 1.39. The van der Waals surface area contributed by atoms with Gasteiger partial charge in [-0.25, -0.2) is 0 Å². The van der Waals surface area contributed by atoms with Crippen LogP contribution in [-0.2, 0) is 27.4 Å². The average Bonchev–Trinajstić information content (AvgIpc) is 2.81. The third-order valence-corrected chi connectivity index (χ3v) is 5.87. The fraction of sp³-hybridized carbons (Fsp3) is 0.696. The van der Waals surface area contributed by atoms with Crippen molar-refractivity contribution in [1.29, 1.82) is 0 Å². The molecule has 2 heterocycles. The summed E-state index contributed by atoms with van der Waals surface area (Å²) in [6.45, 7) is 7.07. The van der Waals surface area contributed by atoms with E-state index in [4.69, 9.17) is 14.2 Å². The van der Waals surface area contributed by atoms with Crippen LogP contribution in [0, 0.1) is 0 Å². The molecular weight excluding hydrogens is 380 g/mol. The van der Waals surface area contributed by atoms with Crippen molar-refractivity contribution in [3.63, 3.8) is 0 Å². The van der Waals surface area contributed by atoms with Gasteiger partial charge in [0.05, 0.1) is 19.3 Å². The molecular formula is C23H38N4O3. The molecule has 1 aromatic rings. The van der Waals surface area contributed by atoms with E-state index in [1.54, 1.807) is 7.11 Å². The minimum Gasteiger partial charge on any atom is -0.383 e. The van der Waals surface area contributed by atoms with Gasteiger partial charge in [0.1, 0.15) is 0 Å². The van der Waals surface area contributed by atoms with Crippen molar-refractivity contribution in [2.45, 2.75) is 51.0 Å². The summed E-state index contributed by atoms with van der Waals surface area (Å²) in [5.74, 6) is 0.870. The Morgan fingerprint density at radius 3 is 2.67 bits per heavy atom. The number of benzene rings is 1. The fourth-order valence-corrected chi connectivity index (χ4v) is 3.98. The van der Waals surface area contributed by atoms with E-state index in [0.717, 1.165) is 77.6 Å². The van der Waals surface area contributed by atoms with Crippen LogP contribution in [0.2, 0.25) is 0 Å². The summed E-state index contributed by atoms with van der Waals surface area (Å²) in [4.78, 5) is 6.87. The van der Waals surface area contributed by atoms with Crippen LogP contribution in [0.3, 0.4) is 0 Å². The first-order valence-corrected chi connectivity index (χ1v) is 11.2. The van der Waals surface area contributed by atoms with Crippen molar-refractivity contribution in [3.05, 3.63) is 35.4 Å². The molecule has 0 saturated carbocycles. The molecule has 2 fully saturated rings. The van der Waals surface area contributed by atoms with Crippen molar-refractivity contribution in [1.82, 2.24) is 15.5 Å². The summed E-state index contributed by atoms with van der Waals surface area (Å²) in [7, 11) is 3.60. The quantitative estimate of drug-likeness (QED) is 0.473. The second-order valence-electron chi connectivity index (χ2n) is 8.12. The van der Waals surface area contributed by atoms with Gasteiger partial charge in [-0.2, -0.15) is 0 Å². The monoisotopic (exact) mass is 418 g/mol. The molecule has 1 aromatic carbocycles. The summed E-state index contributed by atoms with van der Waals surface area (Å²) in [6, 6.07) is 9.06. The van der Waals surface area contributed by atoms with Gasteiger partial charge in [-0.05, 0) is 36.8 Å². The van der Waals surface area contributed by atoms with Crippen LogP contribution in [-0.4, -0.2) is 76.6 Å². The molecule has 0 atom stereocenters. The number of methoxy groups -OCH3 is 1. The van der Waals surface area contributed by atoms with Gasteiger partial charge >= 0.3 is 0 Å². The van der Waals surface area contributed by atoms with E-state index in [1.807, 2.05) is 7.05 Å². The zero-order valence-electron chi connectivity index (χ0n) is 18.6. The number of piperidine rings is 1. The summed E-state index contributed by atoms with van der Waals surface area (Å²) >= 11 is 0. The number of nitrogens with zero attached hydrogens (tertiary/aromatic N) is 2. The number of ether oxygens (including phenoxy) is 3. The van der Waals surface area contributed by atoms with Gasteiger partial charge in [0, 0.05) is 59.6 Å². The van der Waals surface area contributed by atoms with Crippen molar-refractivity contribution in [2.75, 3.05) is 53.6 Å². The Morgan fingerprint density at radius 2 is 1.93 bits per heavy atom. The zero-order chi connectivity index (χ0) is 21.0. The molecule has 2 N–H and O–H groups in total. The van der Waals surface area contributed by atoms with Crippen LogP contribution < -0.4 is 10.6 Å². The molecule has 3 rings (SSSR count). The van der Waals surface area contributed by atoms with Gasteiger partial charge in [0.25, 0.3) is 0 Å². The maximum Gasteiger partial charge on any atom is 0.191 e. The number of nitrogens with one attached hydrogen (secondary N) is 2. The Morgan fingerprint density at radius 1 is 1.17 bits per heavy atom. The summed E-state index contributed by atoms with van der Waals surface area (Å²) in [5.41, 5.74) is 2.45. The second-order valence-corrected chi connectivity index (χ2v) is 8.12. The van der Waals surface area contributed by atoms with Crippen LogP contribution in [0.25, 0.3) is 0 Å². The van der Waals surface area contributed by atoms with E-state index in [2.05, 4.69) is 44.8 Å². The topological polar surface area (TPSA) is 67.4 Å². The van der Waals surface area contributed by atoms with Crippen LogP contribution in [0.15, 0.2) is 29.3 Å². The predicted octanol–water partition coefficient (Wildman–Crippen LogP) is 2.16. The first-order valence-electron chi connectivity index (χ1n) is 11.2. The third kappa shape index (κ3) is 7.87. The van der Waals surface area contributed by atoms with E-state index in [9.17, 15) is 0 Å². The number of aliphatic imine (C=N–C) groups is 1. The molecule has 168 valence electrons. The first-order chi connectivity index (χ1) is 14.8. The van der Waals surface area contributed by atoms with E-state index < -0.39 is 0 Å². The van der Waals surface area contributed by atoms with E-state index >= 15 is 0 Å². The summed E-state index contributed by atoms with van der Waals surface area (Å²) in [6.07, 6.45) is 4.57. The molecule has 2 aliphatic heterocycles. The molecule has 0 radical (unpaired) electrons. The molecule has 30 heavy (non-hydrogen) atoms. The van der Waals surface area contributed by atoms with Gasteiger partial charge in [-0.3, -0.25) is 4.99 Å². The van der Waals surface area contributed by atoms with Crippen LogP contribution >= 0.6 is 0 Å². The van der Waals surface area contributed by atoms with E-state index in [1.165, 1.54) is 11.1 Å². The van der Waals surface area contributed by atoms with Crippen molar-refractivity contribution in [2.24, 2.45) is 4.99 Å². The molecule has 0 aromatic heterocycles. The van der Waals surface area contributed by atoms with Gasteiger partial charge < -0.3 is 29.7 Å². The lowest BCUT2D eigenvalue weighted by molar-refractivity contribution is -0.0390. The third-order valence-electron chi connectivity index (χ3n) is 5.87. The number of hydrogen-bond acceptors (Lipinski definition) is 5. The molecule has 7 heteroatoms. The van der Waals surface area contributed by atoms with Gasteiger partial charge in [-0.15, -0.1) is 0 Å². The lowest BCUT2D eigenvalue weighted by Gasteiger charge is -2.32. The maximum absolute atomic E-state index is 6.06. The normalized spacial score (nSPS) is 19.7. The molecule has 2 aliphatic rings. The van der Waals surface area contributed by atoms with E-state index in [-0.39, 0.29) is 0 Å². The largest absolute Gasteiger partial charge is 0.383 e. The van der Waals surface area contributed by atoms with Gasteiger partial charge in [0.2, 0.25) is 0 Å². The van der Waals surface area contributed by atoms with Crippen LogP contribution in [0.5, 0.6) is 0 Å². The highest BCUT2D eigenvalue weighted by atomic mass is 16.5. The van der Waals surface area contributed by atoms with Crippen LogP contribution in [0.1, 0.15) is 36.8 Å². The number of rotatable bonds is 9. The summed E-state index contributed by atoms with van der Waals surface area (Å²) < 4.78 is 16.6. The Kier molecular flexibility index (Phi) is 9.89. The van der Waals surface area contributed by atoms with Crippen LogP contribution in [0.4, 0.5) is 0 Å². The minimum atomic E-state index is 0.324. The summed E-state index contributed by atoms with van der Waals surface area (Å²) in [5, 5.41) is 7.04. The molecule has 0 aliphatic carbocycles. The molecule has 0 bridgehead atoms. The standard InChI is InChI=1S/C23H38N4O3/c1-24-23(26-21-6-10-27(11-7-21)12-15-28-2)25-17-19-4-3-5-20(16-19)18-30-22-8-13-29-14-9-22/h3-5,16,21-22H,6-15,17-18H2,1-2H3,(H2,24,25,26). The van der Waals surface area contributed by atoms with Gasteiger partial charge in [-0.1, -0.05) is 24.3 Å². The highest BCUT2D eigenvalue weighted by molar-refractivity contribution is 5.79. The maximum atomic E-state index is 6.06. The highest BCUT2D eigenvalue weighted by Gasteiger charge is 2.19. The Bertz CT molecular complexity index is 641. The predicted molar refractivity (Wildman–Crippen MR) is 120 cm³/mol. The Labute approximate surface area is 181 Å². The Hall–Kier alpha value is -1.67. The minimum absolute atomic E-state index is 0.324. The number of guanidine groups is 1. The lowest BCUT2D eigenvalue weighted by atomic mass is 10.1. The SMILES string of the molecule is CN=C(NCc1cccc(COC2CCOCC2)c1)NC1CCN(CCOC)CC1. The molecule has 2 saturated heterocycles. The first kappa shape index (κ1) is 23.0. The van der Waals surface area contributed by atoms with Crippen molar-refractivity contribution in [3.8, 4) is 0 Å². The second kappa shape index (κ2) is 12.9. The number of likely N-dealkylation sites (tertiary alicyclic amines) is 1. The zero-order valence-corrected chi connectivity index (χ0v) is 18.6.